The maximum atomic E-state index is 13.5. The van der Waals surface area contributed by atoms with Crippen molar-refractivity contribution in [2.24, 2.45) is 0 Å². The van der Waals surface area contributed by atoms with Crippen molar-refractivity contribution in [3.05, 3.63) is 70.5 Å². The number of carbonyl (C=O) groups is 1. The van der Waals surface area contributed by atoms with Crippen LogP contribution in [0.4, 0.5) is 17.8 Å². The molecule has 4 aromatic rings. The van der Waals surface area contributed by atoms with E-state index in [4.69, 9.17) is 30.2 Å². The number of piperazine rings is 1. The number of nitrogens with two attached hydrogens (primary N) is 1. The Kier molecular flexibility index (Phi) is 10.5. The zero-order valence-electron chi connectivity index (χ0n) is 33.4. The summed E-state index contributed by atoms with van der Waals surface area (Å²) in [5, 5.41) is 20.8. The molecule has 4 fully saturated rings. The number of amides is 1. The Bertz CT molecular complexity index is 2130. The molecule has 5 aliphatic heterocycles. The summed E-state index contributed by atoms with van der Waals surface area (Å²) in [6.45, 7) is 14.8. The number of rotatable bonds is 8. The number of nitrogens with zero attached hydrogens (tertiary/aromatic N) is 10. The molecular formula is C42H53N11O5. The third-order valence-electron chi connectivity index (χ3n) is 12.6. The smallest absolute Gasteiger partial charge is 0.258 e. The summed E-state index contributed by atoms with van der Waals surface area (Å²) in [7, 11) is 0. The molecule has 306 valence electrons. The fraction of sp³-hybridized carbons (Fsp3) is 0.524. The molecule has 0 bridgehead atoms. The molecule has 16 nitrogen and oxygen atoms in total. The zero-order valence-corrected chi connectivity index (χ0v) is 33.4. The third kappa shape index (κ3) is 7.85. The highest BCUT2D eigenvalue weighted by Crippen LogP contribution is 2.39. The minimum atomic E-state index is -0.225. The first-order chi connectivity index (χ1) is 28.1. The summed E-state index contributed by atoms with van der Waals surface area (Å²) >= 11 is 0. The Balaban J connectivity index is 0.777. The molecule has 1 unspecified atom stereocenters. The molecule has 7 heterocycles. The number of phenolic OH excluding ortho intramolecular Hbond substituents is 2. The number of carbonyl (C=O) groups excluding carboxylic acids is 1. The Morgan fingerprint density at radius 3 is 2.26 bits per heavy atom. The van der Waals surface area contributed by atoms with Crippen LogP contribution < -0.4 is 15.5 Å². The van der Waals surface area contributed by atoms with E-state index in [1.54, 1.807) is 23.4 Å². The molecule has 0 radical (unpaired) electrons. The van der Waals surface area contributed by atoms with Crippen molar-refractivity contribution in [2.45, 2.75) is 70.3 Å². The van der Waals surface area contributed by atoms with Crippen LogP contribution in [-0.2, 0) is 29.1 Å². The average molecular weight is 792 g/mol. The van der Waals surface area contributed by atoms with Crippen LogP contribution in [0, 0.1) is 0 Å². The van der Waals surface area contributed by atoms with Crippen LogP contribution in [0.25, 0.3) is 11.4 Å². The topological polar surface area (TPSA) is 183 Å². The van der Waals surface area contributed by atoms with Crippen LogP contribution in [0.3, 0.4) is 0 Å². The molecule has 5 aliphatic rings. The molecule has 1 atom stereocenters. The predicted molar refractivity (Wildman–Crippen MR) is 218 cm³/mol. The van der Waals surface area contributed by atoms with Gasteiger partial charge in [-0.2, -0.15) is 15.0 Å². The molecule has 9 rings (SSSR count). The van der Waals surface area contributed by atoms with E-state index in [0.29, 0.717) is 61.2 Å². The van der Waals surface area contributed by atoms with Gasteiger partial charge in [0.15, 0.2) is 5.82 Å². The highest BCUT2D eigenvalue weighted by atomic mass is 16.5. The first kappa shape index (κ1) is 38.4. The number of ether oxygens (including phenoxy) is 2. The molecule has 0 aliphatic carbocycles. The van der Waals surface area contributed by atoms with Gasteiger partial charge in [-0.1, -0.05) is 32.0 Å². The van der Waals surface area contributed by atoms with Gasteiger partial charge in [-0.15, -0.1) is 0 Å². The molecule has 4 N–H and O–H groups in total. The molecule has 0 saturated carbocycles. The molecule has 58 heavy (non-hydrogen) atoms. The zero-order chi connectivity index (χ0) is 40.0. The number of morpholine rings is 1. The monoisotopic (exact) mass is 791 g/mol. The second-order valence-electron chi connectivity index (χ2n) is 16.7. The molecule has 16 heteroatoms. The number of aromatic nitrogens is 5. The number of anilines is 3. The second-order valence-corrected chi connectivity index (χ2v) is 16.7. The Morgan fingerprint density at radius 2 is 1.55 bits per heavy atom. The average Bonchev–Trinajstić information content (AvgIpc) is 3.86. The van der Waals surface area contributed by atoms with Gasteiger partial charge in [0.2, 0.25) is 17.8 Å². The van der Waals surface area contributed by atoms with E-state index in [1.807, 2.05) is 13.8 Å². The van der Waals surface area contributed by atoms with Gasteiger partial charge in [0.1, 0.15) is 11.5 Å². The number of fused-ring (bicyclic) bond motifs is 1. The normalized spacial score (nSPS) is 21.3. The van der Waals surface area contributed by atoms with Crippen LogP contribution in [0.1, 0.15) is 71.6 Å². The second kappa shape index (κ2) is 15.9. The Hall–Kier alpha value is -5.16. The third-order valence-corrected chi connectivity index (χ3v) is 12.6. The van der Waals surface area contributed by atoms with Crippen molar-refractivity contribution in [2.75, 3.05) is 87.7 Å². The minimum absolute atomic E-state index is 0.00916. The van der Waals surface area contributed by atoms with Crippen molar-refractivity contribution >= 4 is 23.8 Å². The summed E-state index contributed by atoms with van der Waals surface area (Å²) in [5.41, 5.74) is 10.7. The first-order valence-electron chi connectivity index (χ1n) is 20.6. The molecule has 4 saturated heterocycles. The van der Waals surface area contributed by atoms with E-state index in [9.17, 15) is 15.0 Å². The number of aromatic hydroxyl groups is 2. The van der Waals surface area contributed by atoms with Gasteiger partial charge in [0.05, 0.1) is 36.5 Å². The van der Waals surface area contributed by atoms with Gasteiger partial charge < -0.3 is 40.1 Å². The lowest BCUT2D eigenvalue weighted by atomic mass is 9.87. The summed E-state index contributed by atoms with van der Waals surface area (Å²) in [5.74, 6) is 1.66. The summed E-state index contributed by atoms with van der Waals surface area (Å²) in [4.78, 5) is 47.8. The molecule has 2 aromatic heterocycles. The number of piperidine rings is 1. The highest BCUT2D eigenvalue weighted by Gasteiger charge is 2.45. The van der Waals surface area contributed by atoms with Gasteiger partial charge in [-0.25, -0.2) is 9.97 Å². The van der Waals surface area contributed by atoms with Gasteiger partial charge in [0.25, 0.3) is 5.91 Å². The molecule has 1 amide bonds. The Morgan fingerprint density at radius 1 is 0.862 bits per heavy atom. The van der Waals surface area contributed by atoms with Crippen LogP contribution in [0.2, 0.25) is 0 Å². The maximum absolute atomic E-state index is 13.5. The largest absolute Gasteiger partial charge is 0.508 e. The summed E-state index contributed by atoms with van der Waals surface area (Å²) in [6, 6.07) is 9.88. The van der Waals surface area contributed by atoms with Crippen molar-refractivity contribution in [3.8, 4) is 22.9 Å². The van der Waals surface area contributed by atoms with Gasteiger partial charge in [-0.3, -0.25) is 14.6 Å². The van der Waals surface area contributed by atoms with Gasteiger partial charge >= 0.3 is 0 Å². The van der Waals surface area contributed by atoms with Crippen molar-refractivity contribution in [1.29, 1.82) is 0 Å². The lowest BCUT2D eigenvalue weighted by Gasteiger charge is -2.40. The van der Waals surface area contributed by atoms with E-state index in [2.05, 4.69) is 47.8 Å². The number of hydrogen-bond donors (Lipinski definition) is 3. The summed E-state index contributed by atoms with van der Waals surface area (Å²) < 4.78 is 12.2. The quantitative estimate of drug-likeness (QED) is 0.236. The lowest BCUT2D eigenvalue weighted by molar-refractivity contribution is -0.0166. The van der Waals surface area contributed by atoms with Crippen LogP contribution in [0.5, 0.6) is 11.5 Å². The van der Waals surface area contributed by atoms with Crippen molar-refractivity contribution in [3.63, 3.8) is 0 Å². The van der Waals surface area contributed by atoms with Crippen LogP contribution in [0.15, 0.2) is 42.7 Å². The highest BCUT2D eigenvalue weighted by molar-refractivity contribution is 5.97. The lowest BCUT2D eigenvalue weighted by Crippen LogP contribution is -2.51. The molecular weight excluding hydrogens is 739 g/mol. The molecule has 1 spiro atoms. The first-order valence-corrected chi connectivity index (χ1v) is 20.6. The Labute approximate surface area is 338 Å². The van der Waals surface area contributed by atoms with E-state index in [1.165, 1.54) is 11.6 Å². The molecule has 2 aromatic carbocycles. The maximum Gasteiger partial charge on any atom is 0.258 e. The standard InChI is InChI=1S/C42H53N11O5/c1-27(2)33-18-34(36(55)19-35(33)54)38(56)53-24-29-4-3-28(17-30(29)25-53)23-49-9-11-50(12-10-49)32-20-42(58-26-32)5-7-51(8-6-42)40-46-37(31-21-44-39(43)45-22-31)47-41(48-40)52-13-15-57-16-14-52/h3-4,17-19,21-22,27,32,54-55H,5-16,20,23-26H2,1-2H3,(H2,43,44,45). The minimum Gasteiger partial charge on any atom is -0.508 e. The van der Waals surface area contributed by atoms with Gasteiger partial charge in [-0.05, 0) is 53.5 Å². The van der Waals surface area contributed by atoms with Crippen molar-refractivity contribution < 1.29 is 24.5 Å². The number of nitrogen functional groups attached to an aromatic ring is 1. The van der Waals surface area contributed by atoms with Crippen LogP contribution in [-0.4, -0.2) is 140 Å². The summed E-state index contributed by atoms with van der Waals surface area (Å²) in [6.07, 6.45) is 6.18. The fourth-order valence-electron chi connectivity index (χ4n) is 9.13. The van der Waals surface area contributed by atoms with Gasteiger partial charge in [0, 0.05) is 96.5 Å². The van der Waals surface area contributed by atoms with Crippen LogP contribution >= 0.6 is 0 Å². The fourth-order valence-corrected chi connectivity index (χ4v) is 9.13. The number of phenols is 2. The number of benzene rings is 2. The van der Waals surface area contributed by atoms with E-state index < -0.39 is 0 Å². The SMILES string of the molecule is CC(C)c1cc(C(=O)N2Cc3ccc(CN4CCN(C5COC6(CCN(c7nc(-c8cnc(N)nc8)nc(N8CCOCC8)n7)CC6)C5)CC4)cc3C2)c(O)cc1O. The van der Waals surface area contributed by atoms with E-state index in [-0.39, 0.29) is 40.4 Å². The van der Waals surface area contributed by atoms with Crippen molar-refractivity contribution in [1.82, 2.24) is 39.6 Å². The van der Waals surface area contributed by atoms with E-state index >= 15 is 0 Å². The van der Waals surface area contributed by atoms with E-state index in [0.717, 1.165) is 95.9 Å². The number of hydrogen-bond acceptors (Lipinski definition) is 15. The predicted octanol–water partition coefficient (Wildman–Crippen LogP) is 3.38.